The highest BCUT2D eigenvalue weighted by molar-refractivity contribution is 6.44. The summed E-state index contributed by atoms with van der Waals surface area (Å²) in [6.45, 7) is 8.13. The third kappa shape index (κ3) is 6.05. The Labute approximate surface area is 420 Å². The van der Waals surface area contributed by atoms with Crippen molar-refractivity contribution in [3.05, 3.63) is 213 Å². The van der Waals surface area contributed by atoms with Crippen molar-refractivity contribution < 1.29 is 18.9 Å². The van der Waals surface area contributed by atoms with E-state index in [2.05, 4.69) is 0 Å². The van der Waals surface area contributed by atoms with Gasteiger partial charge in [-0.25, -0.2) is 9.97 Å². The number of nitrogens with zero attached hydrogens (tertiary/aromatic N) is 4. The molecule has 11 aromatic carbocycles. The van der Waals surface area contributed by atoms with Gasteiger partial charge in [0.15, 0.2) is 0 Å². The lowest BCUT2D eigenvalue weighted by Crippen LogP contribution is -2.15. The Hall–Kier alpha value is -9.80. The van der Waals surface area contributed by atoms with Crippen molar-refractivity contribution in [2.45, 2.75) is 27.7 Å². The smallest absolute Gasteiger partial charge is 0.264 e. The Morgan fingerprint density at radius 1 is 0.324 bits per heavy atom. The normalized spacial score (nSPS) is 12.2. The molecule has 0 saturated heterocycles. The van der Waals surface area contributed by atoms with Gasteiger partial charge in [-0.05, 0) is 125 Å². The summed E-state index contributed by atoms with van der Waals surface area (Å²) in [5.41, 5.74) is 7.42. The van der Waals surface area contributed by atoms with E-state index in [1.165, 1.54) is 0 Å². The maximum atomic E-state index is 15.6. The molecule has 0 aliphatic rings. The SMILES string of the molecule is Cc1ccc(Oc2cc3c(=O)n4c5ccccc5nc4c4cc(Oc5ccc(C)cc5)c5c6c(Oc7ccc(C)cc7)cc7c8c(cc(Oc9ccc(C)cc9)c(c2c5c34)c68)c(=O)n2c3ccccc3nc72)cc1. The van der Waals surface area contributed by atoms with Gasteiger partial charge in [-0.2, -0.15) is 0 Å². The summed E-state index contributed by atoms with van der Waals surface area (Å²) in [6, 6.07) is 54.6. The predicted molar refractivity (Wildman–Crippen MR) is 295 cm³/mol. The van der Waals surface area contributed by atoms with Crippen LogP contribution in [0, 0.1) is 27.7 Å². The second kappa shape index (κ2) is 15.4. The highest BCUT2D eigenvalue weighted by Crippen LogP contribution is 2.57. The number of rotatable bonds is 8. The van der Waals surface area contributed by atoms with Gasteiger partial charge < -0.3 is 18.9 Å². The number of hydrogen-bond acceptors (Lipinski definition) is 8. The monoisotopic (exact) mass is 960 g/mol. The highest BCUT2D eigenvalue weighted by atomic mass is 16.5. The molecule has 0 radical (unpaired) electrons. The molecule has 4 heterocycles. The molecule has 0 saturated carbocycles. The first-order valence-corrected chi connectivity index (χ1v) is 24.5. The van der Waals surface area contributed by atoms with Gasteiger partial charge in [0.1, 0.15) is 57.3 Å². The standard InChI is InChI=1S/C64H40N4O6/c1-33-13-21-37(22-14-33)71-49-29-41-53-43(63(69)67-47-11-7-5-9-45(47)65-61(41)67)31-51(73-39-25-17-35(3)18-26-39)57-58-52(74-40-27-19-36(4)20-28-40)32-44-54-42(62-66-46-10-6-8-12-48(46)68(62)64(44)70)30-50(56(60(54)58)55(49)59(53)57)72-38-23-15-34(2)16-24-38/h5-32H,1-4H3. The van der Waals surface area contributed by atoms with Crippen LogP contribution >= 0.6 is 0 Å². The molecule has 0 aliphatic carbocycles. The Balaban J connectivity index is 1.24. The fourth-order valence-corrected chi connectivity index (χ4v) is 11.2. The Bertz CT molecular complexity index is 4620. The topological polar surface area (TPSA) is 106 Å². The minimum Gasteiger partial charge on any atom is -0.457 e. The molecule has 10 heteroatoms. The van der Waals surface area contributed by atoms with Crippen molar-refractivity contribution >= 4 is 98.0 Å². The van der Waals surface area contributed by atoms with Crippen LogP contribution in [0.2, 0.25) is 0 Å². The molecule has 15 rings (SSSR count). The van der Waals surface area contributed by atoms with E-state index in [0.717, 1.165) is 22.3 Å². The number of ether oxygens (including phenoxy) is 4. The average Bonchev–Trinajstić information content (AvgIpc) is 4.04. The van der Waals surface area contributed by atoms with Crippen molar-refractivity contribution in [1.82, 2.24) is 18.8 Å². The number of para-hydroxylation sites is 4. The van der Waals surface area contributed by atoms with Crippen LogP contribution in [-0.4, -0.2) is 18.8 Å². The van der Waals surface area contributed by atoms with Crippen LogP contribution < -0.4 is 30.1 Å². The van der Waals surface area contributed by atoms with Crippen molar-refractivity contribution in [2.75, 3.05) is 0 Å². The molecule has 0 N–H and O–H groups in total. The number of aryl methyl sites for hydroxylation is 4. The first-order valence-electron chi connectivity index (χ1n) is 24.5. The largest absolute Gasteiger partial charge is 0.457 e. The lowest BCUT2D eigenvalue weighted by molar-refractivity contribution is 0.483. The summed E-state index contributed by atoms with van der Waals surface area (Å²) in [7, 11) is 0. The maximum Gasteiger partial charge on any atom is 0.264 e. The van der Waals surface area contributed by atoms with Crippen molar-refractivity contribution in [1.29, 1.82) is 0 Å². The molecule has 10 nitrogen and oxygen atoms in total. The summed E-state index contributed by atoms with van der Waals surface area (Å²) in [4.78, 5) is 41.5. The molecule has 0 atom stereocenters. The number of aromatic nitrogens is 4. The second-order valence-corrected chi connectivity index (χ2v) is 19.5. The molecule has 0 unspecified atom stereocenters. The number of imidazole rings is 2. The number of fused-ring (bicyclic) bond motifs is 10. The number of hydrogen-bond donors (Lipinski definition) is 0. The van der Waals surface area contributed by atoms with Crippen molar-refractivity contribution in [3.63, 3.8) is 0 Å². The molecule has 0 fully saturated rings. The molecule has 0 aliphatic heterocycles. The van der Waals surface area contributed by atoms with E-state index in [1.54, 1.807) is 8.80 Å². The zero-order chi connectivity index (χ0) is 49.7. The quantitative estimate of drug-likeness (QED) is 0.110. The molecular formula is C64H40N4O6. The predicted octanol–water partition coefficient (Wildman–Crippen LogP) is 15.6. The zero-order valence-electron chi connectivity index (χ0n) is 40.4. The zero-order valence-corrected chi connectivity index (χ0v) is 40.4. The van der Waals surface area contributed by atoms with Crippen LogP contribution in [0.15, 0.2) is 179 Å². The van der Waals surface area contributed by atoms with Crippen molar-refractivity contribution in [3.8, 4) is 46.0 Å². The molecule has 0 bridgehead atoms. The molecular weight excluding hydrogens is 921 g/mol. The maximum absolute atomic E-state index is 15.6. The summed E-state index contributed by atoms with van der Waals surface area (Å²) in [6.07, 6.45) is 0. The van der Waals surface area contributed by atoms with Gasteiger partial charge in [-0.3, -0.25) is 18.4 Å². The number of pyridine rings is 2. The second-order valence-electron chi connectivity index (χ2n) is 19.5. The lowest BCUT2D eigenvalue weighted by atomic mass is 9.84. The molecule has 0 spiro atoms. The Morgan fingerprint density at radius 2 is 0.608 bits per heavy atom. The van der Waals surface area contributed by atoms with Crippen molar-refractivity contribution in [2.24, 2.45) is 0 Å². The summed E-state index contributed by atoms with van der Waals surface area (Å²) < 4.78 is 32.2. The van der Waals surface area contributed by atoms with E-state index in [9.17, 15) is 0 Å². The van der Waals surface area contributed by atoms with Gasteiger partial charge in [0, 0.05) is 53.9 Å². The average molecular weight is 961 g/mol. The fourth-order valence-electron chi connectivity index (χ4n) is 11.2. The minimum atomic E-state index is -0.257. The van der Waals surface area contributed by atoms with E-state index < -0.39 is 0 Å². The van der Waals surface area contributed by atoms with Crippen LogP contribution in [0.4, 0.5) is 0 Å². The first kappa shape index (κ1) is 41.9. The summed E-state index contributed by atoms with van der Waals surface area (Å²) in [5.74, 6) is 4.04. The van der Waals surface area contributed by atoms with E-state index in [4.69, 9.17) is 28.9 Å². The van der Waals surface area contributed by atoms with Gasteiger partial charge in [-0.15, -0.1) is 0 Å². The van der Waals surface area contributed by atoms with Crippen LogP contribution in [-0.2, 0) is 0 Å². The van der Waals surface area contributed by atoms with Crippen LogP contribution in [0.3, 0.4) is 0 Å². The van der Waals surface area contributed by atoms with Crippen LogP contribution in [0.25, 0.3) is 98.0 Å². The van der Waals surface area contributed by atoms with Crippen LogP contribution in [0.1, 0.15) is 22.3 Å². The van der Waals surface area contributed by atoms with Gasteiger partial charge in [0.25, 0.3) is 11.1 Å². The molecule has 15 aromatic rings. The third-order valence-corrected chi connectivity index (χ3v) is 14.6. The minimum absolute atomic E-state index is 0.257. The Kier molecular flexibility index (Phi) is 8.70. The van der Waals surface area contributed by atoms with Gasteiger partial charge in [0.05, 0.1) is 32.8 Å². The third-order valence-electron chi connectivity index (χ3n) is 14.6. The molecule has 4 aromatic heterocycles. The van der Waals surface area contributed by atoms with Gasteiger partial charge >= 0.3 is 0 Å². The number of benzene rings is 11. The molecule has 74 heavy (non-hydrogen) atoms. The Morgan fingerprint density at radius 3 is 0.919 bits per heavy atom. The van der Waals surface area contributed by atoms with Gasteiger partial charge in [-0.1, -0.05) is 95.1 Å². The van der Waals surface area contributed by atoms with Gasteiger partial charge in [0.2, 0.25) is 0 Å². The van der Waals surface area contributed by atoms with E-state index in [0.29, 0.717) is 144 Å². The summed E-state index contributed by atoms with van der Waals surface area (Å²) in [5, 5.41) is 7.43. The molecule has 0 amide bonds. The highest BCUT2D eigenvalue weighted by Gasteiger charge is 2.32. The van der Waals surface area contributed by atoms with Crippen LogP contribution in [0.5, 0.6) is 46.0 Å². The molecule has 352 valence electrons. The first-order chi connectivity index (χ1) is 36.1. The van der Waals surface area contributed by atoms with E-state index in [1.807, 2.05) is 198 Å². The fraction of sp³-hybridized carbons (Fsp3) is 0.0625. The van der Waals surface area contributed by atoms with E-state index in [-0.39, 0.29) is 11.1 Å². The van der Waals surface area contributed by atoms with E-state index >= 15 is 9.59 Å². The lowest BCUT2D eigenvalue weighted by Gasteiger charge is -2.25. The summed E-state index contributed by atoms with van der Waals surface area (Å²) >= 11 is 0.